The zero-order valence-corrected chi connectivity index (χ0v) is 18.8. The van der Waals surface area contributed by atoms with Crippen LogP contribution in [-0.2, 0) is 25.5 Å². The van der Waals surface area contributed by atoms with Crippen molar-refractivity contribution in [2.24, 2.45) is 11.1 Å². The standard InChI is InChI=1S/C23H30N2O6/c1-21(2,3)30-19(28)23(18(26)27)11-14-13-9-7-8-10-16(13)25(17(14)15(24)12-23)20(29)31-22(4,5)6/h7-10,15H,11-12,24H2,1-6H3,(H,26,27)/t15-,23?/m0/s1. The third-order valence-electron chi connectivity index (χ3n) is 5.19. The van der Waals surface area contributed by atoms with E-state index < -0.39 is 40.7 Å². The van der Waals surface area contributed by atoms with E-state index in [9.17, 15) is 19.5 Å². The molecule has 1 aromatic heterocycles. The second-order valence-electron chi connectivity index (χ2n) is 10.1. The number of carbonyl (C=O) groups excluding carboxylic acids is 2. The molecular formula is C23H30N2O6. The van der Waals surface area contributed by atoms with Gasteiger partial charge in [-0.15, -0.1) is 0 Å². The van der Waals surface area contributed by atoms with Crippen LogP contribution < -0.4 is 5.73 Å². The molecule has 168 valence electrons. The Morgan fingerprint density at radius 3 is 2.19 bits per heavy atom. The first-order valence-electron chi connectivity index (χ1n) is 10.2. The Labute approximate surface area is 181 Å². The number of benzene rings is 1. The number of nitrogens with two attached hydrogens (primary N) is 1. The summed E-state index contributed by atoms with van der Waals surface area (Å²) in [5, 5.41) is 10.7. The van der Waals surface area contributed by atoms with Gasteiger partial charge >= 0.3 is 18.0 Å². The molecule has 8 heteroatoms. The number of carboxylic acids is 1. The van der Waals surface area contributed by atoms with Gasteiger partial charge in [0.25, 0.3) is 0 Å². The maximum atomic E-state index is 13.0. The van der Waals surface area contributed by atoms with Crippen LogP contribution in [0.25, 0.3) is 10.9 Å². The number of hydrogen-bond acceptors (Lipinski definition) is 6. The first-order valence-corrected chi connectivity index (χ1v) is 10.2. The zero-order chi connectivity index (χ0) is 23.4. The summed E-state index contributed by atoms with van der Waals surface area (Å²) in [6.45, 7) is 10.3. The van der Waals surface area contributed by atoms with E-state index in [0.717, 1.165) is 0 Å². The van der Waals surface area contributed by atoms with Crippen LogP contribution in [0.4, 0.5) is 4.79 Å². The van der Waals surface area contributed by atoms with Gasteiger partial charge in [-0.3, -0.25) is 9.59 Å². The number of esters is 1. The summed E-state index contributed by atoms with van der Waals surface area (Å²) in [5.74, 6) is -2.13. The number of aliphatic carboxylic acids is 1. The molecule has 0 fully saturated rings. The van der Waals surface area contributed by atoms with E-state index in [4.69, 9.17) is 15.2 Å². The number of aromatic nitrogens is 1. The molecule has 0 bridgehead atoms. The maximum Gasteiger partial charge on any atom is 0.419 e. The van der Waals surface area contributed by atoms with Gasteiger partial charge in [0.05, 0.1) is 11.2 Å². The van der Waals surface area contributed by atoms with Crippen LogP contribution in [0.1, 0.15) is 65.3 Å². The van der Waals surface area contributed by atoms with Crippen molar-refractivity contribution in [3.05, 3.63) is 35.5 Å². The average Bonchev–Trinajstić information content (AvgIpc) is 2.93. The van der Waals surface area contributed by atoms with Gasteiger partial charge in [-0.05, 0) is 59.6 Å². The van der Waals surface area contributed by atoms with Crippen LogP contribution in [0.2, 0.25) is 0 Å². The lowest BCUT2D eigenvalue weighted by atomic mass is 9.70. The number of carboxylic acid groups (broad SMARTS) is 1. The first kappa shape index (κ1) is 22.8. The average molecular weight is 431 g/mol. The summed E-state index contributed by atoms with van der Waals surface area (Å²) in [6.07, 6.45) is -0.916. The Hall–Kier alpha value is -2.87. The molecule has 0 saturated carbocycles. The summed E-state index contributed by atoms with van der Waals surface area (Å²) in [4.78, 5) is 38.5. The van der Waals surface area contributed by atoms with Crippen LogP contribution >= 0.6 is 0 Å². The lowest BCUT2D eigenvalue weighted by Crippen LogP contribution is -2.49. The van der Waals surface area contributed by atoms with Crippen LogP contribution in [0.5, 0.6) is 0 Å². The Balaban J connectivity index is 2.20. The minimum Gasteiger partial charge on any atom is -0.480 e. The van der Waals surface area contributed by atoms with Gasteiger partial charge in [0.15, 0.2) is 5.41 Å². The second kappa shape index (κ2) is 7.37. The molecule has 1 aliphatic rings. The number of fused-ring (bicyclic) bond motifs is 3. The molecule has 0 amide bonds. The summed E-state index contributed by atoms with van der Waals surface area (Å²) in [7, 11) is 0. The smallest absolute Gasteiger partial charge is 0.419 e. The molecule has 8 nitrogen and oxygen atoms in total. The number of carbonyl (C=O) groups is 3. The first-order chi connectivity index (χ1) is 14.2. The highest BCUT2D eigenvalue weighted by Gasteiger charge is 2.54. The Bertz CT molecular complexity index is 1060. The summed E-state index contributed by atoms with van der Waals surface area (Å²) in [5.41, 5.74) is 4.58. The van der Waals surface area contributed by atoms with Crippen molar-refractivity contribution in [1.82, 2.24) is 4.57 Å². The minimum atomic E-state index is -1.84. The van der Waals surface area contributed by atoms with Crippen LogP contribution in [0.15, 0.2) is 24.3 Å². The van der Waals surface area contributed by atoms with E-state index in [1.54, 1.807) is 65.8 Å². The second-order valence-corrected chi connectivity index (χ2v) is 10.1. The van der Waals surface area contributed by atoms with Crippen molar-refractivity contribution in [3.8, 4) is 0 Å². The normalized spacial score (nSPS) is 21.5. The molecular weight excluding hydrogens is 400 g/mol. The lowest BCUT2D eigenvalue weighted by Gasteiger charge is -2.37. The molecule has 31 heavy (non-hydrogen) atoms. The molecule has 3 rings (SSSR count). The topological polar surface area (TPSA) is 121 Å². The molecule has 3 N–H and O–H groups in total. The van der Waals surface area contributed by atoms with Crippen LogP contribution in [0, 0.1) is 5.41 Å². The van der Waals surface area contributed by atoms with E-state index in [2.05, 4.69) is 0 Å². The van der Waals surface area contributed by atoms with E-state index >= 15 is 0 Å². The Morgan fingerprint density at radius 1 is 1.06 bits per heavy atom. The molecule has 1 heterocycles. The lowest BCUT2D eigenvalue weighted by molar-refractivity contribution is -0.178. The van der Waals surface area contributed by atoms with Crippen molar-refractivity contribution < 1.29 is 29.0 Å². The van der Waals surface area contributed by atoms with E-state index in [-0.39, 0.29) is 12.8 Å². The number of ether oxygens (including phenoxy) is 2. The highest BCUT2D eigenvalue weighted by molar-refractivity contribution is 6.02. The fourth-order valence-electron chi connectivity index (χ4n) is 4.03. The van der Waals surface area contributed by atoms with E-state index in [0.29, 0.717) is 22.2 Å². The molecule has 0 aliphatic heterocycles. The van der Waals surface area contributed by atoms with Crippen molar-refractivity contribution in [2.75, 3.05) is 0 Å². The van der Waals surface area contributed by atoms with Crippen molar-refractivity contribution in [2.45, 2.75) is 71.6 Å². The molecule has 0 spiro atoms. The fourth-order valence-corrected chi connectivity index (χ4v) is 4.03. The van der Waals surface area contributed by atoms with Crippen LogP contribution in [-0.4, -0.2) is 38.9 Å². The Kier molecular flexibility index (Phi) is 5.42. The molecule has 2 atom stereocenters. The molecule has 0 radical (unpaired) electrons. The number of para-hydroxylation sites is 1. The fraction of sp³-hybridized carbons (Fsp3) is 0.522. The number of nitrogens with zero attached hydrogens (tertiary/aromatic N) is 1. The van der Waals surface area contributed by atoms with E-state index in [1.165, 1.54) is 4.57 Å². The quantitative estimate of drug-likeness (QED) is 0.549. The summed E-state index contributed by atoms with van der Waals surface area (Å²) < 4.78 is 12.4. The minimum absolute atomic E-state index is 0.128. The van der Waals surface area contributed by atoms with Crippen molar-refractivity contribution in [1.29, 1.82) is 0 Å². The van der Waals surface area contributed by atoms with Crippen molar-refractivity contribution >= 4 is 28.9 Å². The Morgan fingerprint density at radius 2 is 1.65 bits per heavy atom. The molecule has 1 unspecified atom stereocenters. The molecule has 1 aromatic carbocycles. The summed E-state index contributed by atoms with van der Waals surface area (Å²) >= 11 is 0. The molecule has 2 aromatic rings. The largest absolute Gasteiger partial charge is 0.480 e. The van der Waals surface area contributed by atoms with Gasteiger partial charge in [-0.2, -0.15) is 0 Å². The highest BCUT2D eigenvalue weighted by atomic mass is 16.6. The predicted molar refractivity (Wildman–Crippen MR) is 115 cm³/mol. The van der Waals surface area contributed by atoms with Gasteiger partial charge in [0.1, 0.15) is 11.2 Å². The van der Waals surface area contributed by atoms with Gasteiger partial charge in [0, 0.05) is 17.8 Å². The zero-order valence-electron chi connectivity index (χ0n) is 18.8. The number of rotatable bonds is 2. The van der Waals surface area contributed by atoms with Crippen molar-refractivity contribution in [3.63, 3.8) is 0 Å². The third kappa shape index (κ3) is 4.17. The van der Waals surface area contributed by atoms with E-state index in [1.807, 2.05) is 0 Å². The molecule has 0 saturated heterocycles. The van der Waals surface area contributed by atoms with Gasteiger partial charge < -0.3 is 20.3 Å². The predicted octanol–water partition coefficient (Wildman–Crippen LogP) is 3.78. The molecule has 1 aliphatic carbocycles. The number of hydrogen-bond donors (Lipinski definition) is 2. The third-order valence-corrected chi connectivity index (χ3v) is 5.19. The SMILES string of the molecule is CC(C)(C)OC(=O)n1c2c(c3ccccc31)CC(C(=O)O)(C(=O)OC(C)(C)C)C[C@@H]2N. The van der Waals surface area contributed by atoms with Gasteiger partial charge in [-0.1, -0.05) is 18.2 Å². The van der Waals surface area contributed by atoms with Gasteiger partial charge in [0.2, 0.25) is 0 Å². The summed E-state index contributed by atoms with van der Waals surface area (Å²) in [6, 6.07) is 6.22. The highest BCUT2D eigenvalue weighted by Crippen LogP contribution is 2.46. The van der Waals surface area contributed by atoms with Crippen LogP contribution in [0.3, 0.4) is 0 Å². The van der Waals surface area contributed by atoms with Gasteiger partial charge in [-0.25, -0.2) is 9.36 Å². The maximum absolute atomic E-state index is 13.0. The monoisotopic (exact) mass is 430 g/mol.